The van der Waals surface area contributed by atoms with Gasteiger partial charge in [-0.1, -0.05) is 29.3 Å². The van der Waals surface area contributed by atoms with Crippen molar-refractivity contribution < 1.29 is 14.3 Å². The molecule has 2 heterocycles. The maximum atomic E-state index is 12.5. The summed E-state index contributed by atoms with van der Waals surface area (Å²) >= 11 is 12.0. The number of carbonyl (C=O) groups is 1. The molecule has 1 amide bonds. The predicted octanol–water partition coefficient (Wildman–Crippen LogP) is 4.18. The number of methoxy groups -OCH3 is 1. The molecule has 6 nitrogen and oxygen atoms in total. The summed E-state index contributed by atoms with van der Waals surface area (Å²) in [7, 11) is 1.69. The second-order valence-corrected chi connectivity index (χ2v) is 9.51. The van der Waals surface area contributed by atoms with Crippen molar-refractivity contribution in [2.24, 2.45) is 0 Å². The molecule has 0 bridgehead atoms. The van der Waals surface area contributed by atoms with Gasteiger partial charge in [0.1, 0.15) is 6.10 Å². The van der Waals surface area contributed by atoms with Gasteiger partial charge in [0.25, 0.3) is 5.91 Å². The molecule has 0 aliphatic carbocycles. The van der Waals surface area contributed by atoms with E-state index in [4.69, 9.17) is 32.7 Å². The first-order valence-electron chi connectivity index (χ1n) is 11.5. The van der Waals surface area contributed by atoms with E-state index in [1.165, 1.54) is 5.56 Å². The average Bonchev–Trinajstić information content (AvgIpc) is 3.28. The molecule has 2 aliphatic rings. The first-order valence-corrected chi connectivity index (χ1v) is 12.3. The van der Waals surface area contributed by atoms with Crippen LogP contribution in [0.4, 0.5) is 0 Å². The van der Waals surface area contributed by atoms with Gasteiger partial charge in [0.15, 0.2) is 11.5 Å². The lowest BCUT2D eigenvalue weighted by molar-refractivity contribution is 0.0938. The van der Waals surface area contributed by atoms with Gasteiger partial charge >= 0.3 is 0 Å². The molecule has 0 saturated carbocycles. The highest BCUT2D eigenvalue weighted by molar-refractivity contribution is 6.42. The van der Waals surface area contributed by atoms with E-state index in [-0.39, 0.29) is 18.1 Å². The minimum absolute atomic E-state index is 0.116. The fraction of sp³-hybridized carbons (Fsp3) is 0.480. The molecule has 1 atom stereocenters. The number of nitrogens with one attached hydrogen (secondary N) is 2. The Labute approximate surface area is 205 Å². The molecule has 2 aliphatic heterocycles. The Balaban J connectivity index is 1.26. The molecule has 8 heteroatoms. The minimum atomic E-state index is -0.116. The van der Waals surface area contributed by atoms with Gasteiger partial charge in [0, 0.05) is 31.2 Å². The highest BCUT2D eigenvalue weighted by Crippen LogP contribution is 2.30. The van der Waals surface area contributed by atoms with E-state index in [0.717, 1.165) is 69.9 Å². The van der Waals surface area contributed by atoms with Crippen LogP contribution in [0, 0.1) is 0 Å². The molecule has 2 N–H and O–H groups in total. The van der Waals surface area contributed by atoms with Gasteiger partial charge in [-0.3, -0.25) is 4.79 Å². The lowest BCUT2D eigenvalue weighted by atomic mass is 10.1. The summed E-state index contributed by atoms with van der Waals surface area (Å²) in [6.07, 6.45) is 4.12. The third-order valence-electron chi connectivity index (χ3n) is 6.31. The normalized spacial score (nSPS) is 19.4. The van der Waals surface area contributed by atoms with Gasteiger partial charge < -0.3 is 25.0 Å². The Kier molecular flexibility index (Phi) is 8.36. The van der Waals surface area contributed by atoms with Crippen LogP contribution < -0.4 is 20.1 Å². The monoisotopic (exact) mass is 491 g/mol. The summed E-state index contributed by atoms with van der Waals surface area (Å²) in [6.45, 7) is 4.71. The lowest BCUT2D eigenvalue weighted by Gasteiger charge is -2.25. The molecule has 2 fully saturated rings. The van der Waals surface area contributed by atoms with Gasteiger partial charge in [-0.15, -0.1) is 0 Å². The van der Waals surface area contributed by atoms with E-state index in [0.29, 0.717) is 15.6 Å². The Morgan fingerprint density at radius 1 is 1.09 bits per heavy atom. The van der Waals surface area contributed by atoms with Crippen LogP contribution >= 0.6 is 23.2 Å². The third-order valence-corrected chi connectivity index (χ3v) is 7.05. The first kappa shape index (κ1) is 24.1. The fourth-order valence-corrected chi connectivity index (χ4v) is 4.70. The molecule has 4 rings (SSSR count). The first-order chi connectivity index (χ1) is 16.0. The number of hydrogen-bond donors (Lipinski definition) is 2. The molecule has 178 valence electrons. The molecular weight excluding hydrogens is 461 g/mol. The van der Waals surface area contributed by atoms with Gasteiger partial charge in [-0.2, -0.15) is 0 Å². The van der Waals surface area contributed by atoms with Crippen molar-refractivity contribution in [3.05, 3.63) is 57.6 Å². The van der Waals surface area contributed by atoms with Crippen molar-refractivity contribution in [3.63, 3.8) is 0 Å². The summed E-state index contributed by atoms with van der Waals surface area (Å²) in [5, 5.41) is 7.31. The number of halogens is 2. The Morgan fingerprint density at radius 2 is 1.91 bits per heavy atom. The largest absolute Gasteiger partial charge is 0.493 e. The molecule has 0 aromatic heterocycles. The van der Waals surface area contributed by atoms with E-state index in [1.54, 1.807) is 25.3 Å². The number of nitrogens with zero attached hydrogens (tertiary/aromatic N) is 1. The summed E-state index contributed by atoms with van der Waals surface area (Å²) in [6, 6.07) is 11.3. The SMILES string of the molecule is COc1cc(CCN2CC[C@H](NC(=O)c3ccc(Cl)c(Cl)c3)C2)ccc1OC1CCNCC1. The van der Waals surface area contributed by atoms with E-state index in [1.807, 2.05) is 6.07 Å². The highest BCUT2D eigenvalue weighted by atomic mass is 35.5. The number of piperidine rings is 1. The van der Waals surface area contributed by atoms with Gasteiger partial charge in [-0.25, -0.2) is 0 Å². The summed E-state index contributed by atoms with van der Waals surface area (Å²) < 4.78 is 11.8. The van der Waals surface area contributed by atoms with Crippen molar-refractivity contribution >= 4 is 29.1 Å². The zero-order valence-electron chi connectivity index (χ0n) is 18.9. The van der Waals surface area contributed by atoms with Crippen molar-refractivity contribution in [1.82, 2.24) is 15.5 Å². The molecule has 0 spiro atoms. The van der Waals surface area contributed by atoms with Gasteiger partial charge in [-0.05, 0) is 74.7 Å². The van der Waals surface area contributed by atoms with Crippen LogP contribution in [-0.2, 0) is 6.42 Å². The minimum Gasteiger partial charge on any atom is -0.493 e. The van der Waals surface area contributed by atoms with Crippen molar-refractivity contribution in [3.8, 4) is 11.5 Å². The number of rotatable bonds is 8. The number of hydrogen-bond acceptors (Lipinski definition) is 5. The van der Waals surface area contributed by atoms with Crippen molar-refractivity contribution in [2.75, 3.05) is 39.8 Å². The van der Waals surface area contributed by atoms with E-state index in [2.05, 4.69) is 27.7 Å². The standard InChI is InChI=1S/C25H31Cl2N3O3/c1-32-24-14-17(2-5-23(24)33-20-6-10-28-11-7-20)8-12-30-13-9-19(16-30)29-25(31)18-3-4-21(26)22(27)15-18/h2-5,14-15,19-20,28H,6-13,16H2,1H3,(H,29,31)/t19-/m0/s1. The molecule has 0 radical (unpaired) electrons. The van der Waals surface area contributed by atoms with E-state index < -0.39 is 0 Å². The van der Waals surface area contributed by atoms with Crippen LogP contribution in [0.1, 0.15) is 35.2 Å². The van der Waals surface area contributed by atoms with Crippen molar-refractivity contribution in [1.29, 1.82) is 0 Å². The van der Waals surface area contributed by atoms with Crippen LogP contribution in [-0.4, -0.2) is 62.8 Å². The number of likely N-dealkylation sites (tertiary alicyclic amines) is 1. The zero-order valence-corrected chi connectivity index (χ0v) is 20.4. The van der Waals surface area contributed by atoms with Crippen molar-refractivity contribution in [2.45, 2.75) is 37.8 Å². The quantitative estimate of drug-likeness (QED) is 0.579. The number of carbonyl (C=O) groups excluding carboxylic acids is 1. The predicted molar refractivity (Wildman–Crippen MR) is 132 cm³/mol. The van der Waals surface area contributed by atoms with E-state index in [9.17, 15) is 4.79 Å². The second-order valence-electron chi connectivity index (χ2n) is 8.69. The Bertz CT molecular complexity index is 966. The Morgan fingerprint density at radius 3 is 2.67 bits per heavy atom. The summed E-state index contributed by atoms with van der Waals surface area (Å²) in [5.74, 6) is 1.49. The van der Waals surface area contributed by atoms with Gasteiger partial charge in [0.05, 0.1) is 17.2 Å². The highest BCUT2D eigenvalue weighted by Gasteiger charge is 2.24. The molecule has 2 aromatic rings. The molecule has 2 aromatic carbocycles. The van der Waals surface area contributed by atoms with Crippen LogP contribution in [0.5, 0.6) is 11.5 Å². The maximum Gasteiger partial charge on any atom is 0.251 e. The van der Waals surface area contributed by atoms with E-state index >= 15 is 0 Å². The zero-order chi connectivity index (χ0) is 23.2. The topological polar surface area (TPSA) is 62.8 Å². The molecular formula is C25H31Cl2N3O3. The third kappa shape index (κ3) is 6.54. The summed E-state index contributed by atoms with van der Waals surface area (Å²) in [5.41, 5.74) is 1.74. The second kappa shape index (κ2) is 11.4. The smallest absolute Gasteiger partial charge is 0.251 e. The Hall–Kier alpha value is -1.99. The number of amides is 1. The fourth-order valence-electron chi connectivity index (χ4n) is 4.40. The number of benzene rings is 2. The van der Waals surface area contributed by atoms with Crippen LogP contribution in [0.3, 0.4) is 0 Å². The average molecular weight is 492 g/mol. The van der Waals surface area contributed by atoms with Crippen LogP contribution in [0.25, 0.3) is 0 Å². The lowest BCUT2D eigenvalue weighted by Crippen LogP contribution is -2.37. The molecule has 33 heavy (non-hydrogen) atoms. The molecule has 0 unspecified atom stereocenters. The molecule has 2 saturated heterocycles. The number of ether oxygens (including phenoxy) is 2. The maximum absolute atomic E-state index is 12.5. The van der Waals surface area contributed by atoms with Crippen LogP contribution in [0.2, 0.25) is 10.0 Å². The summed E-state index contributed by atoms with van der Waals surface area (Å²) in [4.78, 5) is 14.9. The van der Waals surface area contributed by atoms with Gasteiger partial charge in [0.2, 0.25) is 0 Å². The van der Waals surface area contributed by atoms with Crippen LogP contribution in [0.15, 0.2) is 36.4 Å².